The second kappa shape index (κ2) is 7.87. The maximum atomic E-state index is 14.3. The molecular weight excluding hydrogens is 437 g/mol. The lowest BCUT2D eigenvalue weighted by molar-refractivity contribution is 0.398. The van der Waals surface area contributed by atoms with Crippen LogP contribution in [0.25, 0.3) is 27.8 Å². The van der Waals surface area contributed by atoms with Crippen molar-refractivity contribution >= 4 is 16.9 Å². The number of ether oxygens (including phenoxy) is 1. The SMILES string of the molecule is COc1ncncc1-c1cn([C@H](c2cn(-c3ccccc3F)nn2)C2CC2)c2ncnc(N)c12. The van der Waals surface area contributed by atoms with Crippen molar-refractivity contribution in [3.63, 3.8) is 0 Å². The largest absolute Gasteiger partial charge is 0.480 e. The first kappa shape index (κ1) is 20.2. The maximum Gasteiger partial charge on any atom is 0.224 e. The van der Waals surface area contributed by atoms with Crippen LogP contribution in [0.5, 0.6) is 5.88 Å². The first-order chi connectivity index (χ1) is 16.7. The minimum Gasteiger partial charge on any atom is -0.480 e. The summed E-state index contributed by atoms with van der Waals surface area (Å²) in [5.41, 5.74) is 9.46. The first-order valence-corrected chi connectivity index (χ1v) is 10.8. The van der Waals surface area contributed by atoms with Crippen LogP contribution >= 0.6 is 0 Å². The Kier molecular flexibility index (Phi) is 4.68. The molecule has 1 fully saturated rings. The van der Waals surface area contributed by atoms with E-state index < -0.39 is 0 Å². The third-order valence-corrected chi connectivity index (χ3v) is 6.08. The molecule has 1 aliphatic rings. The number of aromatic nitrogens is 8. The molecule has 0 aliphatic heterocycles. The zero-order valence-electron chi connectivity index (χ0n) is 18.2. The maximum absolute atomic E-state index is 14.3. The number of anilines is 1. The van der Waals surface area contributed by atoms with E-state index in [2.05, 4.69) is 30.2 Å². The van der Waals surface area contributed by atoms with Crippen molar-refractivity contribution in [1.29, 1.82) is 0 Å². The van der Waals surface area contributed by atoms with Crippen molar-refractivity contribution in [1.82, 2.24) is 39.5 Å². The van der Waals surface area contributed by atoms with E-state index in [1.54, 1.807) is 37.7 Å². The van der Waals surface area contributed by atoms with Gasteiger partial charge < -0.3 is 15.0 Å². The average Bonchev–Trinajstić information content (AvgIpc) is 3.44. The van der Waals surface area contributed by atoms with Gasteiger partial charge in [-0.2, -0.15) is 0 Å². The van der Waals surface area contributed by atoms with Crippen LogP contribution in [0, 0.1) is 11.7 Å². The molecule has 0 saturated heterocycles. The topological polar surface area (TPSA) is 122 Å². The number of nitrogen functional groups attached to an aromatic ring is 1. The summed E-state index contributed by atoms with van der Waals surface area (Å²) in [4.78, 5) is 17.2. The van der Waals surface area contributed by atoms with Gasteiger partial charge in [0.15, 0.2) is 0 Å². The highest BCUT2D eigenvalue weighted by atomic mass is 19.1. The lowest BCUT2D eigenvalue weighted by atomic mass is 10.1. The quantitative estimate of drug-likeness (QED) is 0.412. The Morgan fingerprint density at radius 3 is 2.74 bits per heavy atom. The van der Waals surface area contributed by atoms with Crippen LogP contribution in [0.3, 0.4) is 0 Å². The van der Waals surface area contributed by atoms with Gasteiger partial charge in [0.05, 0.1) is 30.3 Å². The van der Waals surface area contributed by atoms with Crippen LogP contribution < -0.4 is 10.5 Å². The van der Waals surface area contributed by atoms with Crippen LogP contribution in [0.4, 0.5) is 10.2 Å². The molecule has 0 spiro atoms. The molecule has 4 heterocycles. The first-order valence-electron chi connectivity index (χ1n) is 10.8. The van der Waals surface area contributed by atoms with Crippen LogP contribution in [0.15, 0.2) is 55.5 Å². The molecule has 10 nitrogen and oxygen atoms in total. The highest BCUT2D eigenvalue weighted by Crippen LogP contribution is 2.46. The minimum atomic E-state index is -0.368. The van der Waals surface area contributed by atoms with E-state index >= 15 is 0 Å². The molecule has 1 atom stereocenters. The van der Waals surface area contributed by atoms with Gasteiger partial charge in [-0.15, -0.1) is 5.10 Å². The summed E-state index contributed by atoms with van der Waals surface area (Å²) in [6.07, 6.45) is 10.3. The van der Waals surface area contributed by atoms with E-state index in [4.69, 9.17) is 10.5 Å². The van der Waals surface area contributed by atoms with Gasteiger partial charge in [0, 0.05) is 18.0 Å². The Morgan fingerprint density at radius 2 is 1.94 bits per heavy atom. The number of para-hydroxylation sites is 1. The van der Waals surface area contributed by atoms with Gasteiger partial charge in [-0.1, -0.05) is 17.3 Å². The monoisotopic (exact) mass is 457 g/mol. The zero-order chi connectivity index (χ0) is 23.2. The summed E-state index contributed by atoms with van der Waals surface area (Å²) in [5.74, 6) is 0.728. The molecule has 34 heavy (non-hydrogen) atoms. The molecule has 1 aliphatic carbocycles. The van der Waals surface area contributed by atoms with Crippen molar-refractivity contribution < 1.29 is 9.13 Å². The van der Waals surface area contributed by atoms with Crippen molar-refractivity contribution in [2.24, 2.45) is 5.92 Å². The fourth-order valence-corrected chi connectivity index (χ4v) is 4.38. The number of halogens is 1. The number of benzene rings is 1. The fraction of sp³-hybridized carbons (Fsp3) is 0.217. The number of fused-ring (bicyclic) bond motifs is 1. The van der Waals surface area contributed by atoms with Crippen molar-refractivity contribution in [3.8, 4) is 22.7 Å². The predicted molar refractivity (Wildman–Crippen MR) is 122 cm³/mol. The highest BCUT2D eigenvalue weighted by Gasteiger charge is 2.37. The number of nitrogens with zero attached hydrogens (tertiary/aromatic N) is 8. The van der Waals surface area contributed by atoms with Crippen LogP contribution in [0.2, 0.25) is 0 Å². The minimum absolute atomic E-state index is 0.165. The molecule has 6 rings (SSSR count). The summed E-state index contributed by atoms with van der Waals surface area (Å²) in [6, 6.07) is 6.30. The van der Waals surface area contributed by atoms with E-state index in [-0.39, 0.29) is 11.9 Å². The summed E-state index contributed by atoms with van der Waals surface area (Å²) >= 11 is 0. The number of rotatable bonds is 6. The van der Waals surface area contributed by atoms with Crippen molar-refractivity contribution in [2.45, 2.75) is 18.9 Å². The number of hydrogen-bond donors (Lipinski definition) is 1. The van der Waals surface area contributed by atoms with E-state index in [9.17, 15) is 4.39 Å². The summed E-state index contributed by atoms with van der Waals surface area (Å²) < 4.78 is 23.3. The van der Waals surface area contributed by atoms with E-state index in [0.29, 0.717) is 45.6 Å². The van der Waals surface area contributed by atoms with Gasteiger partial charge in [-0.05, 0) is 30.9 Å². The molecule has 4 aromatic heterocycles. The van der Waals surface area contributed by atoms with Gasteiger partial charge >= 0.3 is 0 Å². The smallest absolute Gasteiger partial charge is 0.224 e. The zero-order valence-corrected chi connectivity index (χ0v) is 18.2. The Morgan fingerprint density at radius 1 is 1.09 bits per heavy atom. The lowest BCUT2D eigenvalue weighted by Crippen LogP contribution is -2.13. The molecule has 0 radical (unpaired) electrons. The third kappa shape index (κ3) is 3.24. The Balaban J connectivity index is 1.53. The van der Waals surface area contributed by atoms with Crippen LogP contribution in [-0.2, 0) is 0 Å². The van der Waals surface area contributed by atoms with Gasteiger partial charge in [0.1, 0.15) is 41.3 Å². The molecule has 0 unspecified atom stereocenters. The Hall–Kier alpha value is -4.41. The summed E-state index contributed by atoms with van der Waals surface area (Å²) in [7, 11) is 1.55. The standard InChI is InChI=1S/C23H20FN9O/c1-34-23-14(8-26-11-29-23)15-9-32(22-19(15)21(25)27-12-28-22)20(13-6-7-13)17-10-33(31-30-17)18-5-3-2-4-16(18)24/h2-5,8-13,20H,6-7H2,1H3,(H2,25,27,28)/t20-/m0/s1. The highest BCUT2D eigenvalue weighted by molar-refractivity contribution is 6.01. The van der Waals surface area contributed by atoms with Crippen molar-refractivity contribution in [2.75, 3.05) is 12.8 Å². The molecule has 1 aromatic carbocycles. The second-order valence-corrected chi connectivity index (χ2v) is 8.17. The number of hydrogen-bond acceptors (Lipinski definition) is 8. The molecule has 0 amide bonds. The van der Waals surface area contributed by atoms with Gasteiger partial charge in [-0.25, -0.2) is 29.0 Å². The third-order valence-electron chi connectivity index (χ3n) is 6.08. The fourth-order valence-electron chi connectivity index (χ4n) is 4.38. The molecular formula is C23H20FN9O. The second-order valence-electron chi connectivity index (χ2n) is 8.17. The van der Waals surface area contributed by atoms with Crippen LogP contribution in [0.1, 0.15) is 24.6 Å². The summed E-state index contributed by atoms with van der Waals surface area (Å²) in [6.45, 7) is 0. The Labute approximate surface area is 193 Å². The normalized spacial score (nSPS) is 14.4. The molecule has 170 valence electrons. The predicted octanol–water partition coefficient (Wildman–Crippen LogP) is 3.20. The van der Waals surface area contributed by atoms with Gasteiger partial charge in [0.25, 0.3) is 0 Å². The summed E-state index contributed by atoms with van der Waals surface area (Å²) in [5, 5.41) is 9.31. The molecule has 1 saturated carbocycles. The molecule has 2 N–H and O–H groups in total. The lowest BCUT2D eigenvalue weighted by Gasteiger charge is -2.16. The van der Waals surface area contributed by atoms with Gasteiger partial charge in [0.2, 0.25) is 5.88 Å². The van der Waals surface area contributed by atoms with E-state index in [0.717, 1.165) is 18.4 Å². The number of nitrogens with two attached hydrogens (primary N) is 1. The van der Waals surface area contributed by atoms with Gasteiger partial charge in [-0.3, -0.25) is 0 Å². The van der Waals surface area contributed by atoms with E-state index in [1.807, 2.05) is 10.8 Å². The van der Waals surface area contributed by atoms with E-state index in [1.165, 1.54) is 23.4 Å². The van der Waals surface area contributed by atoms with Crippen LogP contribution in [-0.4, -0.2) is 46.6 Å². The van der Waals surface area contributed by atoms with Crippen molar-refractivity contribution in [3.05, 3.63) is 67.0 Å². The molecule has 5 aromatic rings. The average molecular weight is 457 g/mol. The number of methoxy groups -OCH3 is 1. The molecule has 11 heteroatoms. The Bertz CT molecular complexity index is 1510. The molecule has 0 bridgehead atoms.